The average molecular weight is 419 g/mol. The summed E-state index contributed by atoms with van der Waals surface area (Å²) >= 11 is 7.39. The van der Waals surface area contributed by atoms with Gasteiger partial charge in [-0.1, -0.05) is 84.4 Å². The van der Waals surface area contributed by atoms with Gasteiger partial charge in [-0.05, 0) is 46.7 Å². The first-order chi connectivity index (χ1) is 14.2. The van der Waals surface area contributed by atoms with Crippen molar-refractivity contribution < 1.29 is 4.79 Å². The number of amidine groups is 1. The van der Waals surface area contributed by atoms with Crippen molar-refractivity contribution in [3.05, 3.63) is 112 Å². The second-order valence-electron chi connectivity index (χ2n) is 6.62. The van der Waals surface area contributed by atoms with Crippen molar-refractivity contribution in [3.63, 3.8) is 0 Å². The molecule has 0 N–H and O–H groups in total. The quantitative estimate of drug-likeness (QED) is 0.475. The van der Waals surface area contributed by atoms with Gasteiger partial charge in [-0.3, -0.25) is 14.7 Å². The number of rotatable bonds is 5. The summed E-state index contributed by atoms with van der Waals surface area (Å²) in [5.74, 6) is -0.0272. The highest BCUT2D eigenvalue weighted by molar-refractivity contribution is 8.18. The number of thioether (sulfide) groups is 1. The van der Waals surface area contributed by atoms with Gasteiger partial charge in [0.2, 0.25) is 0 Å². The molecule has 29 heavy (non-hydrogen) atoms. The molecule has 4 rings (SSSR count). The standard InChI is InChI=1S/C24H19ClN2OS/c25-21-13-11-18(12-14-21)15-22-23(28)27(17-20-9-5-2-6-10-20)24(29-22)26-16-19-7-3-1-4-8-19/h1-15H,16-17H2. The molecule has 0 aromatic heterocycles. The van der Waals surface area contributed by atoms with Crippen LogP contribution in [-0.4, -0.2) is 16.0 Å². The lowest BCUT2D eigenvalue weighted by Gasteiger charge is -2.15. The minimum Gasteiger partial charge on any atom is -0.282 e. The van der Waals surface area contributed by atoms with Crippen LogP contribution in [0.1, 0.15) is 16.7 Å². The normalized spacial score (nSPS) is 16.7. The summed E-state index contributed by atoms with van der Waals surface area (Å²) < 4.78 is 0. The number of benzene rings is 3. The molecule has 0 bridgehead atoms. The summed E-state index contributed by atoms with van der Waals surface area (Å²) in [6.45, 7) is 1.04. The third kappa shape index (κ3) is 4.97. The van der Waals surface area contributed by atoms with Crippen LogP contribution in [0, 0.1) is 0 Å². The van der Waals surface area contributed by atoms with Crippen LogP contribution in [-0.2, 0) is 17.9 Å². The molecule has 0 atom stereocenters. The van der Waals surface area contributed by atoms with E-state index in [0.717, 1.165) is 21.9 Å². The number of hydrogen-bond donors (Lipinski definition) is 0. The predicted molar refractivity (Wildman–Crippen MR) is 122 cm³/mol. The van der Waals surface area contributed by atoms with E-state index in [1.807, 2.05) is 91.0 Å². The van der Waals surface area contributed by atoms with E-state index < -0.39 is 0 Å². The zero-order valence-electron chi connectivity index (χ0n) is 15.7. The van der Waals surface area contributed by atoms with Crippen LogP contribution in [0.4, 0.5) is 0 Å². The smallest absolute Gasteiger partial charge is 0.267 e. The third-order valence-electron chi connectivity index (χ3n) is 4.48. The molecule has 0 radical (unpaired) electrons. The molecule has 0 saturated carbocycles. The van der Waals surface area contributed by atoms with Gasteiger partial charge in [0.25, 0.3) is 5.91 Å². The molecule has 5 heteroatoms. The zero-order chi connectivity index (χ0) is 20.1. The van der Waals surface area contributed by atoms with Crippen molar-refractivity contribution in [1.82, 2.24) is 4.90 Å². The molecule has 144 valence electrons. The topological polar surface area (TPSA) is 32.7 Å². The first kappa shape index (κ1) is 19.5. The molecular formula is C24H19ClN2OS. The van der Waals surface area contributed by atoms with Gasteiger partial charge in [0, 0.05) is 5.02 Å². The van der Waals surface area contributed by atoms with Gasteiger partial charge < -0.3 is 0 Å². The number of aliphatic imine (C=N–C) groups is 1. The minimum absolute atomic E-state index is 0.0272. The van der Waals surface area contributed by atoms with Crippen molar-refractivity contribution >= 4 is 40.5 Å². The average Bonchev–Trinajstić information content (AvgIpc) is 3.04. The van der Waals surface area contributed by atoms with E-state index in [1.54, 1.807) is 4.90 Å². The fourth-order valence-electron chi connectivity index (χ4n) is 2.98. The van der Waals surface area contributed by atoms with E-state index in [4.69, 9.17) is 16.6 Å². The summed E-state index contributed by atoms with van der Waals surface area (Å²) in [5, 5.41) is 1.40. The Hall–Kier alpha value is -2.82. The lowest BCUT2D eigenvalue weighted by Crippen LogP contribution is -2.28. The lowest BCUT2D eigenvalue weighted by atomic mass is 10.2. The zero-order valence-corrected chi connectivity index (χ0v) is 17.2. The van der Waals surface area contributed by atoms with Crippen molar-refractivity contribution in [2.75, 3.05) is 0 Å². The molecule has 3 aromatic carbocycles. The molecule has 1 aliphatic heterocycles. The summed E-state index contributed by atoms with van der Waals surface area (Å²) in [4.78, 5) is 20.3. The third-order valence-corrected chi connectivity index (χ3v) is 5.78. The predicted octanol–water partition coefficient (Wildman–Crippen LogP) is 6.01. The Morgan fingerprint density at radius 1 is 0.862 bits per heavy atom. The molecule has 3 aromatic rings. The molecule has 1 aliphatic rings. The Kier molecular flexibility index (Phi) is 6.13. The Morgan fingerprint density at radius 3 is 2.14 bits per heavy atom. The van der Waals surface area contributed by atoms with Crippen molar-refractivity contribution in [1.29, 1.82) is 0 Å². The minimum atomic E-state index is -0.0272. The van der Waals surface area contributed by atoms with Gasteiger partial charge in [-0.25, -0.2) is 0 Å². The van der Waals surface area contributed by atoms with E-state index >= 15 is 0 Å². The number of carbonyl (C=O) groups excluding carboxylic acids is 1. The second kappa shape index (κ2) is 9.12. The van der Waals surface area contributed by atoms with E-state index in [1.165, 1.54) is 11.8 Å². The Bertz CT molecular complexity index is 1050. The van der Waals surface area contributed by atoms with E-state index in [9.17, 15) is 4.79 Å². The van der Waals surface area contributed by atoms with Gasteiger partial charge in [-0.15, -0.1) is 0 Å². The monoisotopic (exact) mass is 418 g/mol. The summed E-state index contributed by atoms with van der Waals surface area (Å²) in [6, 6.07) is 27.5. The molecular weight excluding hydrogens is 400 g/mol. The first-order valence-electron chi connectivity index (χ1n) is 9.28. The number of halogens is 1. The van der Waals surface area contributed by atoms with E-state index in [0.29, 0.717) is 23.0 Å². The maximum absolute atomic E-state index is 13.1. The second-order valence-corrected chi connectivity index (χ2v) is 8.07. The Labute approximate surface area is 179 Å². The van der Waals surface area contributed by atoms with Crippen LogP contribution in [0.5, 0.6) is 0 Å². The highest BCUT2D eigenvalue weighted by Crippen LogP contribution is 2.34. The number of nitrogens with zero attached hydrogens (tertiary/aromatic N) is 2. The maximum Gasteiger partial charge on any atom is 0.267 e. The lowest BCUT2D eigenvalue weighted by molar-refractivity contribution is -0.122. The number of carbonyl (C=O) groups is 1. The molecule has 3 nitrogen and oxygen atoms in total. The Morgan fingerprint density at radius 2 is 1.48 bits per heavy atom. The summed E-state index contributed by atoms with van der Waals surface area (Å²) in [5.41, 5.74) is 3.12. The molecule has 0 unspecified atom stereocenters. The van der Waals surface area contributed by atoms with Crippen LogP contribution in [0.25, 0.3) is 6.08 Å². The number of amides is 1. The maximum atomic E-state index is 13.1. The SMILES string of the molecule is O=C1C(=Cc2ccc(Cl)cc2)SC(=NCc2ccccc2)N1Cc1ccccc1. The fraction of sp³-hybridized carbons (Fsp3) is 0.0833. The summed E-state index contributed by atoms with van der Waals surface area (Å²) in [7, 11) is 0. The van der Waals surface area contributed by atoms with Gasteiger partial charge in [0.15, 0.2) is 5.17 Å². The van der Waals surface area contributed by atoms with Crippen molar-refractivity contribution in [3.8, 4) is 0 Å². The molecule has 1 fully saturated rings. The highest BCUT2D eigenvalue weighted by atomic mass is 35.5. The molecule has 0 aliphatic carbocycles. The largest absolute Gasteiger partial charge is 0.282 e. The number of hydrogen-bond acceptors (Lipinski definition) is 3. The Balaban J connectivity index is 1.62. The van der Waals surface area contributed by atoms with Crippen LogP contribution in [0.2, 0.25) is 5.02 Å². The van der Waals surface area contributed by atoms with Crippen LogP contribution in [0.15, 0.2) is 94.8 Å². The van der Waals surface area contributed by atoms with Gasteiger partial charge in [-0.2, -0.15) is 0 Å². The van der Waals surface area contributed by atoms with Gasteiger partial charge in [0.1, 0.15) is 0 Å². The summed E-state index contributed by atoms with van der Waals surface area (Å²) in [6.07, 6.45) is 1.90. The van der Waals surface area contributed by atoms with E-state index in [-0.39, 0.29) is 5.91 Å². The van der Waals surface area contributed by atoms with E-state index in [2.05, 4.69) is 0 Å². The molecule has 1 heterocycles. The van der Waals surface area contributed by atoms with Crippen molar-refractivity contribution in [2.45, 2.75) is 13.1 Å². The molecule has 0 spiro atoms. The first-order valence-corrected chi connectivity index (χ1v) is 10.5. The van der Waals surface area contributed by atoms with Crippen LogP contribution in [0.3, 0.4) is 0 Å². The highest BCUT2D eigenvalue weighted by Gasteiger charge is 2.33. The fourth-order valence-corrected chi connectivity index (χ4v) is 4.09. The molecule has 1 amide bonds. The molecule has 1 saturated heterocycles. The van der Waals surface area contributed by atoms with Crippen molar-refractivity contribution in [2.24, 2.45) is 4.99 Å². The van der Waals surface area contributed by atoms with Gasteiger partial charge >= 0.3 is 0 Å². The van der Waals surface area contributed by atoms with Crippen LogP contribution >= 0.6 is 23.4 Å². The van der Waals surface area contributed by atoms with Crippen LogP contribution < -0.4 is 0 Å². The van der Waals surface area contributed by atoms with Gasteiger partial charge in [0.05, 0.1) is 18.0 Å².